The van der Waals surface area contributed by atoms with Gasteiger partial charge in [0.15, 0.2) is 0 Å². The Morgan fingerprint density at radius 2 is 1.87 bits per heavy atom. The second kappa shape index (κ2) is 4.61. The van der Waals surface area contributed by atoms with Gasteiger partial charge < -0.3 is 0 Å². The highest BCUT2D eigenvalue weighted by atomic mass is 32.2. The van der Waals surface area contributed by atoms with E-state index in [2.05, 4.69) is 10.6 Å². The van der Waals surface area contributed by atoms with Crippen LogP contribution in [0.15, 0.2) is 29.2 Å². The van der Waals surface area contributed by atoms with Crippen molar-refractivity contribution < 1.29 is 4.21 Å². The van der Waals surface area contributed by atoms with Gasteiger partial charge in [0.1, 0.15) is 11.0 Å². The third-order valence-electron chi connectivity index (χ3n) is 1.94. The van der Waals surface area contributed by atoms with Crippen molar-refractivity contribution in [2.24, 2.45) is 0 Å². The molecule has 1 rings (SSSR count). The van der Waals surface area contributed by atoms with E-state index in [9.17, 15) is 4.21 Å². The molecule has 0 aromatic heterocycles. The van der Waals surface area contributed by atoms with Gasteiger partial charge >= 0.3 is 0 Å². The fourth-order valence-electron chi connectivity index (χ4n) is 0.982. The van der Waals surface area contributed by atoms with Crippen LogP contribution in [0, 0.1) is 19.3 Å². The molecule has 0 saturated carbocycles. The molecule has 1 aromatic carbocycles. The number of terminal acetylenes is 1. The molecule has 1 N–H and O–H groups in total. The maximum absolute atomic E-state index is 11.8. The van der Waals surface area contributed by atoms with Crippen LogP contribution in [0.3, 0.4) is 0 Å². The molecule has 1 atom stereocenters. The monoisotopic (exact) mass is 221 g/mol. The summed E-state index contributed by atoms with van der Waals surface area (Å²) in [4.78, 5) is 0.740. The van der Waals surface area contributed by atoms with Crippen LogP contribution < -0.4 is 4.72 Å². The van der Waals surface area contributed by atoms with Crippen LogP contribution in [-0.4, -0.2) is 9.75 Å². The molecule has 0 aliphatic heterocycles. The van der Waals surface area contributed by atoms with Crippen molar-refractivity contribution in [3.8, 4) is 12.3 Å². The molecule has 1 unspecified atom stereocenters. The summed E-state index contributed by atoms with van der Waals surface area (Å²) in [6.45, 7) is 5.63. The zero-order valence-corrected chi connectivity index (χ0v) is 10.0. The molecule has 2 nitrogen and oxygen atoms in total. The van der Waals surface area contributed by atoms with E-state index in [1.807, 2.05) is 45.0 Å². The van der Waals surface area contributed by atoms with Gasteiger partial charge in [0.05, 0.1) is 10.4 Å². The Labute approximate surface area is 93.7 Å². The highest BCUT2D eigenvalue weighted by molar-refractivity contribution is 7.83. The quantitative estimate of drug-likeness (QED) is 0.777. The smallest absolute Gasteiger partial charge is 0.126 e. The first-order valence-electron chi connectivity index (χ1n) is 4.68. The first-order valence-corrected chi connectivity index (χ1v) is 5.83. The number of hydrogen-bond donors (Lipinski definition) is 1. The highest BCUT2D eigenvalue weighted by Crippen LogP contribution is 2.09. The molecule has 0 spiro atoms. The van der Waals surface area contributed by atoms with Gasteiger partial charge in [-0.25, -0.2) is 8.93 Å². The number of benzene rings is 1. The summed E-state index contributed by atoms with van der Waals surface area (Å²) < 4.78 is 14.7. The van der Waals surface area contributed by atoms with E-state index in [1.54, 1.807) is 0 Å². The number of nitrogens with one attached hydrogen (secondary N) is 1. The van der Waals surface area contributed by atoms with Gasteiger partial charge in [-0.3, -0.25) is 0 Å². The summed E-state index contributed by atoms with van der Waals surface area (Å²) in [6, 6.07) is 7.53. The fourth-order valence-corrected chi connectivity index (χ4v) is 2.01. The van der Waals surface area contributed by atoms with E-state index < -0.39 is 16.5 Å². The van der Waals surface area contributed by atoms with Crippen molar-refractivity contribution in [2.45, 2.75) is 31.2 Å². The Morgan fingerprint density at radius 1 is 1.33 bits per heavy atom. The highest BCUT2D eigenvalue weighted by Gasteiger charge is 2.17. The first kappa shape index (κ1) is 12.0. The summed E-state index contributed by atoms with van der Waals surface area (Å²) in [5.41, 5.74) is 0.586. The molecule has 1 aromatic rings. The molecule has 0 bridgehead atoms. The maximum atomic E-state index is 11.8. The van der Waals surface area contributed by atoms with E-state index in [1.165, 1.54) is 0 Å². The van der Waals surface area contributed by atoms with Gasteiger partial charge in [0, 0.05) is 0 Å². The van der Waals surface area contributed by atoms with Crippen molar-refractivity contribution in [1.29, 1.82) is 0 Å². The first-order chi connectivity index (χ1) is 6.94. The van der Waals surface area contributed by atoms with E-state index in [-0.39, 0.29) is 0 Å². The van der Waals surface area contributed by atoms with E-state index in [0.29, 0.717) is 0 Å². The van der Waals surface area contributed by atoms with Gasteiger partial charge in [-0.2, -0.15) is 0 Å². The molecule has 15 heavy (non-hydrogen) atoms. The third kappa shape index (κ3) is 3.50. The Bertz CT molecular complexity index is 401. The Kier molecular flexibility index (Phi) is 3.67. The standard InChI is InChI=1S/C12H15NOS/c1-5-12(3,4)13-15(14)11-8-6-10(2)7-9-11/h1,6-9,13H,2-4H3. The summed E-state index contributed by atoms with van der Waals surface area (Å²) in [5, 5.41) is 0. The lowest BCUT2D eigenvalue weighted by Crippen LogP contribution is -2.38. The zero-order valence-electron chi connectivity index (χ0n) is 9.20. The normalized spacial score (nSPS) is 13.2. The summed E-state index contributed by atoms with van der Waals surface area (Å²) in [5.74, 6) is 2.55. The van der Waals surface area contributed by atoms with Crippen molar-refractivity contribution in [3.05, 3.63) is 29.8 Å². The minimum atomic E-state index is -1.25. The van der Waals surface area contributed by atoms with Crippen LogP contribution in [0.2, 0.25) is 0 Å². The summed E-state index contributed by atoms with van der Waals surface area (Å²) in [6.07, 6.45) is 5.31. The molecule has 3 heteroatoms. The Balaban J connectivity index is 2.79. The van der Waals surface area contributed by atoms with Crippen molar-refractivity contribution in [1.82, 2.24) is 4.72 Å². The van der Waals surface area contributed by atoms with E-state index in [0.717, 1.165) is 10.5 Å². The average molecular weight is 221 g/mol. The predicted molar refractivity (Wildman–Crippen MR) is 63.6 cm³/mol. The van der Waals surface area contributed by atoms with Gasteiger partial charge in [-0.1, -0.05) is 23.6 Å². The SMILES string of the molecule is C#CC(C)(C)NS(=O)c1ccc(C)cc1. The topological polar surface area (TPSA) is 29.1 Å². The molecule has 0 saturated heterocycles. The number of rotatable bonds is 3. The van der Waals surface area contributed by atoms with Crippen LogP contribution in [0.1, 0.15) is 19.4 Å². The molecule has 0 heterocycles. The van der Waals surface area contributed by atoms with Gasteiger partial charge in [-0.15, -0.1) is 6.42 Å². The van der Waals surface area contributed by atoms with Gasteiger partial charge in [0.25, 0.3) is 0 Å². The molecular weight excluding hydrogens is 206 g/mol. The van der Waals surface area contributed by atoms with Crippen LogP contribution in [0.25, 0.3) is 0 Å². The number of aryl methyl sites for hydroxylation is 1. The minimum absolute atomic E-state index is 0.560. The molecule has 0 radical (unpaired) electrons. The molecule has 0 aliphatic rings. The lowest BCUT2D eigenvalue weighted by molar-refractivity contribution is 0.595. The minimum Gasteiger partial charge on any atom is -0.237 e. The second-order valence-corrected chi connectivity index (χ2v) is 5.17. The van der Waals surface area contributed by atoms with Crippen LogP contribution in [0.4, 0.5) is 0 Å². The van der Waals surface area contributed by atoms with Crippen LogP contribution in [-0.2, 0) is 11.0 Å². The van der Waals surface area contributed by atoms with Crippen molar-refractivity contribution in [3.63, 3.8) is 0 Å². The van der Waals surface area contributed by atoms with Crippen molar-refractivity contribution in [2.75, 3.05) is 0 Å². The third-order valence-corrected chi connectivity index (χ3v) is 3.34. The Morgan fingerprint density at radius 3 is 2.33 bits per heavy atom. The molecule has 80 valence electrons. The lowest BCUT2D eigenvalue weighted by atomic mass is 10.1. The molecule has 0 amide bonds. The Hall–Kier alpha value is -1.11. The van der Waals surface area contributed by atoms with E-state index >= 15 is 0 Å². The largest absolute Gasteiger partial charge is 0.237 e. The molecule has 0 fully saturated rings. The van der Waals surface area contributed by atoms with E-state index in [4.69, 9.17) is 6.42 Å². The average Bonchev–Trinajstić information content (AvgIpc) is 2.18. The lowest BCUT2D eigenvalue weighted by Gasteiger charge is -2.18. The van der Waals surface area contributed by atoms with Crippen LogP contribution >= 0.6 is 0 Å². The van der Waals surface area contributed by atoms with Gasteiger partial charge in [-0.05, 0) is 32.9 Å². The zero-order chi connectivity index (χ0) is 11.5. The molecule has 0 aliphatic carbocycles. The molecular formula is C12H15NOS. The number of hydrogen-bond acceptors (Lipinski definition) is 1. The van der Waals surface area contributed by atoms with Crippen LogP contribution in [0.5, 0.6) is 0 Å². The summed E-state index contributed by atoms with van der Waals surface area (Å²) >= 11 is 0. The van der Waals surface area contributed by atoms with Crippen molar-refractivity contribution >= 4 is 11.0 Å². The second-order valence-electron chi connectivity index (χ2n) is 3.95. The maximum Gasteiger partial charge on any atom is 0.126 e. The fraction of sp³-hybridized carbons (Fsp3) is 0.333. The predicted octanol–water partition coefficient (Wildman–Crippen LogP) is 2.02. The van der Waals surface area contributed by atoms with Gasteiger partial charge in [0.2, 0.25) is 0 Å². The summed E-state index contributed by atoms with van der Waals surface area (Å²) in [7, 11) is -1.25.